The number of carbonyl (C=O) groups excluding carboxylic acids is 1. The Balaban J connectivity index is 2.24. The fourth-order valence-electron chi connectivity index (χ4n) is 2.17. The third-order valence-corrected chi connectivity index (χ3v) is 4.50. The molecule has 2 rings (SSSR count). The summed E-state index contributed by atoms with van der Waals surface area (Å²) in [6.45, 7) is 3.29. The van der Waals surface area contributed by atoms with E-state index in [0.29, 0.717) is 25.2 Å². The molecule has 1 fully saturated rings. The number of carbonyl (C=O) groups is 1. The van der Waals surface area contributed by atoms with E-state index in [9.17, 15) is 13.2 Å². The van der Waals surface area contributed by atoms with E-state index in [1.165, 1.54) is 0 Å². The summed E-state index contributed by atoms with van der Waals surface area (Å²) in [5, 5.41) is 2.75. The Labute approximate surface area is 119 Å². The molecule has 0 spiro atoms. The minimum atomic E-state index is -3.34. The fraction of sp³-hybridized carbons (Fsp3) is 0.462. The molecule has 1 aromatic rings. The Morgan fingerprint density at radius 3 is 2.80 bits per heavy atom. The quantitative estimate of drug-likeness (QED) is 0.841. The van der Waals surface area contributed by atoms with Gasteiger partial charge in [-0.1, -0.05) is 19.1 Å². The third kappa shape index (κ3) is 3.63. The summed E-state index contributed by atoms with van der Waals surface area (Å²) in [5.74, 6) is 0.0319. The lowest BCUT2D eigenvalue weighted by Gasteiger charge is -2.30. The number of rotatable bonds is 5. The lowest BCUT2D eigenvalue weighted by molar-refractivity contribution is -0.120. The van der Waals surface area contributed by atoms with E-state index >= 15 is 0 Å². The maximum Gasteiger partial charge on any atom is 0.239 e. The number of hydrogen-bond donors (Lipinski definition) is 2. The van der Waals surface area contributed by atoms with Crippen LogP contribution in [0.4, 0.5) is 11.4 Å². The maximum atomic E-state index is 11.9. The number of piperazine rings is 1. The van der Waals surface area contributed by atoms with Crippen molar-refractivity contribution in [1.82, 2.24) is 5.32 Å². The fourth-order valence-corrected chi connectivity index (χ4v) is 3.31. The average molecular weight is 297 g/mol. The van der Waals surface area contributed by atoms with Gasteiger partial charge in [0.1, 0.15) is 0 Å². The van der Waals surface area contributed by atoms with Crippen molar-refractivity contribution < 1.29 is 13.2 Å². The van der Waals surface area contributed by atoms with Crippen molar-refractivity contribution in [1.29, 1.82) is 0 Å². The predicted octanol–water partition coefficient (Wildman–Crippen LogP) is 0.774. The lowest BCUT2D eigenvalue weighted by atomic mass is 10.2. The van der Waals surface area contributed by atoms with Crippen LogP contribution in [-0.2, 0) is 14.8 Å². The molecule has 0 unspecified atom stereocenters. The Hall–Kier alpha value is -1.76. The molecule has 1 aliphatic heterocycles. The van der Waals surface area contributed by atoms with Gasteiger partial charge >= 0.3 is 0 Å². The van der Waals surface area contributed by atoms with E-state index in [0.717, 1.165) is 5.69 Å². The largest absolute Gasteiger partial charge is 0.359 e. The van der Waals surface area contributed by atoms with Gasteiger partial charge in [-0.15, -0.1) is 0 Å². The monoisotopic (exact) mass is 297 g/mol. The first-order valence-electron chi connectivity index (χ1n) is 6.63. The molecule has 0 aliphatic carbocycles. The zero-order valence-corrected chi connectivity index (χ0v) is 12.2. The zero-order chi connectivity index (χ0) is 14.6. The molecule has 0 aromatic heterocycles. The standard InChI is InChI=1S/C13H19N3O3S/c1-2-9-20(18,19)15-11-5-3-4-6-12(11)16-8-7-14-13(17)10-16/h3-6,15H,2,7-10H2,1H3,(H,14,17). The van der Waals surface area contributed by atoms with Gasteiger partial charge in [-0.3, -0.25) is 9.52 Å². The van der Waals surface area contributed by atoms with E-state index in [4.69, 9.17) is 0 Å². The van der Waals surface area contributed by atoms with Crippen LogP contribution < -0.4 is 14.9 Å². The molecule has 0 atom stereocenters. The van der Waals surface area contributed by atoms with Gasteiger partial charge in [0.25, 0.3) is 0 Å². The highest BCUT2D eigenvalue weighted by molar-refractivity contribution is 7.92. The lowest BCUT2D eigenvalue weighted by Crippen LogP contribution is -2.47. The van der Waals surface area contributed by atoms with Crippen LogP contribution >= 0.6 is 0 Å². The summed E-state index contributed by atoms with van der Waals surface area (Å²) >= 11 is 0. The normalized spacial score (nSPS) is 15.8. The van der Waals surface area contributed by atoms with Gasteiger partial charge in [-0.2, -0.15) is 0 Å². The number of sulfonamides is 1. The highest BCUT2D eigenvalue weighted by atomic mass is 32.2. The molecule has 1 heterocycles. The van der Waals surface area contributed by atoms with Crippen molar-refractivity contribution in [3.63, 3.8) is 0 Å². The zero-order valence-electron chi connectivity index (χ0n) is 11.4. The van der Waals surface area contributed by atoms with Crippen LogP contribution in [-0.4, -0.2) is 39.7 Å². The van der Waals surface area contributed by atoms with E-state index < -0.39 is 10.0 Å². The van der Waals surface area contributed by atoms with Crippen molar-refractivity contribution in [2.45, 2.75) is 13.3 Å². The second-order valence-electron chi connectivity index (χ2n) is 4.71. The number of nitrogens with zero attached hydrogens (tertiary/aromatic N) is 1. The number of amides is 1. The first-order chi connectivity index (χ1) is 9.52. The van der Waals surface area contributed by atoms with E-state index in [2.05, 4.69) is 10.0 Å². The Morgan fingerprint density at radius 1 is 1.35 bits per heavy atom. The maximum absolute atomic E-state index is 11.9. The predicted molar refractivity (Wildman–Crippen MR) is 79.4 cm³/mol. The first-order valence-corrected chi connectivity index (χ1v) is 8.28. The number of benzene rings is 1. The summed E-state index contributed by atoms with van der Waals surface area (Å²) in [4.78, 5) is 13.3. The second kappa shape index (κ2) is 6.13. The molecular formula is C13H19N3O3S. The molecule has 0 radical (unpaired) electrons. The second-order valence-corrected chi connectivity index (χ2v) is 6.55. The molecule has 20 heavy (non-hydrogen) atoms. The van der Waals surface area contributed by atoms with Gasteiger partial charge in [0.2, 0.25) is 15.9 Å². The average Bonchev–Trinajstić information content (AvgIpc) is 2.38. The summed E-state index contributed by atoms with van der Waals surface area (Å²) in [5.41, 5.74) is 1.26. The summed E-state index contributed by atoms with van der Waals surface area (Å²) in [6.07, 6.45) is 0.559. The molecule has 1 saturated heterocycles. The molecule has 1 aromatic carbocycles. The van der Waals surface area contributed by atoms with Crippen molar-refractivity contribution in [3.8, 4) is 0 Å². The Morgan fingerprint density at radius 2 is 2.10 bits per heavy atom. The van der Waals surface area contributed by atoms with Gasteiger partial charge < -0.3 is 10.2 Å². The highest BCUT2D eigenvalue weighted by Gasteiger charge is 2.20. The molecule has 110 valence electrons. The van der Waals surface area contributed by atoms with Crippen molar-refractivity contribution >= 4 is 27.3 Å². The smallest absolute Gasteiger partial charge is 0.239 e. The van der Waals surface area contributed by atoms with Gasteiger partial charge in [0, 0.05) is 13.1 Å². The highest BCUT2D eigenvalue weighted by Crippen LogP contribution is 2.27. The van der Waals surface area contributed by atoms with Crippen molar-refractivity contribution in [2.75, 3.05) is 35.0 Å². The Bertz CT molecular complexity index is 586. The molecular weight excluding hydrogens is 278 g/mol. The van der Waals surface area contributed by atoms with Crippen LogP contribution in [0.1, 0.15) is 13.3 Å². The van der Waals surface area contributed by atoms with Crippen LogP contribution in [0.3, 0.4) is 0 Å². The van der Waals surface area contributed by atoms with Gasteiger partial charge in [0.05, 0.1) is 23.7 Å². The molecule has 2 N–H and O–H groups in total. The minimum Gasteiger partial charge on any atom is -0.359 e. The number of anilines is 2. The SMILES string of the molecule is CCCS(=O)(=O)Nc1ccccc1N1CCNC(=O)C1. The molecule has 6 nitrogen and oxygen atoms in total. The number of nitrogens with one attached hydrogen (secondary N) is 2. The van der Waals surface area contributed by atoms with E-state index in [1.54, 1.807) is 12.1 Å². The molecule has 7 heteroatoms. The van der Waals surface area contributed by atoms with E-state index in [1.807, 2.05) is 24.0 Å². The topological polar surface area (TPSA) is 78.5 Å². The first kappa shape index (κ1) is 14.6. The Kier molecular flexibility index (Phi) is 4.49. The molecule has 0 bridgehead atoms. The summed E-state index contributed by atoms with van der Waals surface area (Å²) in [7, 11) is -3.34. The van der Waals surface area contributed by atoms with Crippen LogP contribution in [0.5, 0.6) is 0 Å². The van der Waals surface area contributed by atoms with Gasteiger partial charge in [-0.05, 0) is 18.6 Å². The number of hydrogen-bond acceptors (Lipinski definition) is 4. The van der Waals surface area contributed by atoms with E-state index in [-0.39, 0.29) is 18.2 Å². The molecule has 0 saturated carbocycles. The van der Waals surface area contributed by atoms with Crippen LogP contribution in [0.25, 0.3) is 0 Å². The van der Waals surface area contributed by atoms with Crippen LogP contribution in [0.2, 0.25) is 0 Å². The van der Waals surface area contributed by atoms with Gasteiger partial charge in [0.15, 0.2) is 0 Å². The minimum absolute atomic E-state index is 0.0533. The summed E-state index contributed by atoms with van der Waals surface area (Å²) in [6, 6.07) is 7.15. The molecule has 1 amide bonds. The van der Waals surface area contributed by atoms with Gasteiger partial charge in [-0.25, -0.2) is 8.42 Å². The van der Waals surface area contributed by atoms with Crippen LogP contribution in [0.15, 0.2) is 24.3 Å². The van der Waals surface area contributed by atoms with Crippen LogP contribution in [0, 0.1) is 0 Å². The number of para-hydroxylation sites is 2. The summed E-state index contributed by atoms with van der Waals surface area (Å²) < 4.78 is 26.4. The van der Waals surface area contributed by atoms with Crippen molar-refractivity contribution in [3.05, 3.63) is 24.3 Å². The van der Waals surface area contributed by atoms with Crippen molar-refractivity contribution in [2.24, 2.45) is 0 Å². The third-order valence-electron chi connectivity index (χ3n) is 3.02. The molecule has 1 aliphatic rings.